The molecule has 0 aliphatic carbocycles. The van der Waals surface area contributed by atoms with Crippen LogP contribution in [0.1, 0.15) is 82.3 Å². The number of benzene rings is 2. The Kier molecular flexibility index (Phi) is 27.6. The monoisotopic (exact) mass is 1320 g/mol. The number of carboxylic acid groups (broad SMARTS) is 1. The normalized spacial score (nSPS) is 21.2. The van der Waals surface area contributed by atoms with Crippen LogP contribution in [0.25, 0.3) is 0 Å². The van der Waals surface area contributed by atoms with Gasteiger partial charge in [-0.3, -0.25) is 43.2 Å². The number of carbonyl (C=O) groups excluding carboxylic acids is 9. The minimum absolute atomic E-state index is 0.00368. The molecule has 0 radical (unpaired) electrons. The van der Waals surface area contributed by atoms with Crippen molar-refractivity contribution < 1.29 is 88.8 Å². The van der Waals surface area contributed by atoms with Gasteiger partial charge in [-0.2, -0.15) is 0 Å². The van der Waals surface area contributed by atoms with Crippen molar-refractivity contribution >= 4 is 82.0 Å². The van der Waals surface area contributed by atoms with Crippen molar-refractivity contribution in [3.05, 3.63) is 59.7 Å². The molecule has 5 rings (SSSR count). The van der Waals surface area contributed by atoms with E-state index in [0.717, 1.165) is 16.7 Å². The zero-order chi connectivity index (χ0) is 63.4. The third kappa shape index (κ3) is 19.6. The number of phenols is 2. The molecule has 30 nitrogen and oxygen atoms in total. The van der Waals surface area contributed by atoms with Gasteiger partial charge in [0.2, 0.25) is 53.2 Å². The van der Waals surface area contributed by atoms with Gasteiger partial charge in [0.1, 0.15) is 71.9 Å². The summed E-state index contributed by atoms with van der Waals surface area (Å²) in [7, 11) is 0. The number of carboxylic acids is 1. The van der Waals surface area contributed by atoms with Crippen LogP contribution in [0, 0.1) is 0 Å². The fourth-order valence-electron chi connectivity index (χ4n) is 10.5. The zero-order valence-corrected chi connectivity index (χ0v) is 49.8. The molecule has 9 amide bonds. The molecule has 86 heavy (non-hydrogen) atoms. The number of aliphatic hydroxyl groups excluding tert-OH is 5. The maximum Gasteiger partial charge on any atom is 0.326 e. The van der Waals surface area contributed by atoms with Crippen LogP contribution in [0.15, 0.2) is 48.5 Å². The van der Waals surface area contributed by atoms with E-state index in [0.29, 0.717) is 49.8 Å². The number of halogens is 1. The summed E-state index contributed by atoms with van der Waals surface area (Å²) in [6, 6.07) is -3.47. The van der Waals surface area contributed by atoms with Crippen LogP contribution in [0.3, 0.4) is 0 Å². The molecule has 0 saturated carbocycles. The van der Waals surface area contributed by atoms with E-state index >= 15 is 0 Å². The van der Waals surface area contributed by atoms with Gasteiger partial charge < -0.3 is 98.9 Å². The Morgan fingerprint density at radius 3 is 1.57 bits per heavy atom. The highest BCUT2D eigenvalue weighted by Crippen LogP contribution is 2.28. The van der Waals surface area contributed by atoms with Gasteiger partial charge in [-0.05, 0) is 107 Å². The van der Waals surface area contributed by atoms with Crippen LogP contribution < -0.4 is 46.9 Å². The van der Waals surface area contributed by atoms with Gasteiger partial charge in [0, 0.05) is 68.2 Å². The van der Waals surface area contributed by atoms with E-state index in [1.807, 2.05) is 0 Å². The van der Waals surface area contributed by atoms with E-state index in [1.54, 1.807) is 22.9 Å². The standard InChI is InChI=1S/C55H81IN12O18/c1-29(71)45(51(81)61-38(21-30-10-14-32(72)15-11-30)46(76)60-37(55(85)86)8-3-5-19-58)64-50(80)43-23-34(74)25-67(43)54(84)44-24-35(75)26-68(44)53(83)39(22-31-12-16-33(73)17-13-31)62-47(77)40(27-69)63-49(79)42-9-6-20-66(42)52(82)36(7-2-4-18-57)59-48(78)41(28-70)65-56/h10-17,29,34-45,65,69-75H,2-9,18-28,57-58H2,1H3,(H,59,78)(H,60,76)(H,61,81)(H,62,77)(H,63,79)(H,64,80)(H,85,86)/t29-,34-,35-,36+,37+,38+,39+,40+,41+,42+,43+,44+,45+/m1/s1. The van der Waals surface area contributed by atoms with Gasteiger partial charge in [0.25, 0.3) is 0 Å². The number of carbonyl (C=O) groups is 10. The number of nitrogens with zero attached hydrogens (tertiary/aromatic N) is 3. The van der Waals surface area contributed by atoms with E-state index in [-0.39, 0.29) is 56.7 Å². The Balaban J connectivity index is 1.34. The van der Waals surface area contributed by atoms with Crippen molar-refractivity contribution in [2.75, 3.05) is 45.9 Å². The molecule has 3 aliphatic rings. The van der Waals surface area contributed by atoms with Crippen molar-refractivity contribution in [1.29, 1.82) is 0 Å². The van der Waals surface area contributed by atoms with Crippen molar-refractivity contribution in [2.24, 2.45) is 11.5 Å². The van der Waals surface area contributed by atoms with Gasteiger partial charge >= 0.3 is 5.97 Å². The molecule has 19 N–H and O–H groups in total. The number of aliphatic hydroxyl groups is 5. The minimum Gasteiger partial charge on any atom is -0.508 e. The molecule has 0 unspecified atom stereocenters. The second kappa shape index (κ2) is 33.9. The van der Waals surface area contributed by atoms with E-state index in [4.69, 9.17) is 11.5 Å². The molecular formula is C55H81IN12O18. The largest absolute Gasteiger partial charge is 0.508 e. The van der Waals surface area contributed by atoms with Crippen LogP contribution in [-0.2, 0) is 60.8 Å². The molecule has 13 atom stereocenters. The molecule has 2 aromatic carbocycles. The first-order valence-electron chi connectivity index (χ1n) is 28.5. The number of nitrogens with one attached hydrogen (secondary N) is 7. The average molecular weight is 1330 g/mol. The summed E-state index contributed by atoms with van der Waals surface area (Å²) in [5, 5.41) is 97.8. The van der Waals surface area contributed by atoms with Crippen molar-refractivity contribution in [3.63, 3.8) is 0 Å². The lowest BCUT2D eigenvalue weighted by Gasteiger charge is -2.33. The number of phenolic OH excluding ortho intramolecular Hbond substituents is 2. The number of amides is 9. The van der Waals surface area contributed by atoms with Gasteiger partial charge in [-0.15, -0.1) is 0 Å². The summed E-state index contributed by atoms with van der Waals surface area (Å²) in [6.45, 7) is -0.726. The second-order valence-electron chi connectivity index (χ2n) is 21.7. The number of β-amino-alcohol motifs (C(OH)–C–C–N with tert-alkyl or cyclic N) is 2. The van der Waals surface area contributed by atoms with Gasteiger partial charge in [-0.1, -0.05) is 24.3 Å². The van der Waals surface area contributed by atoms with E-state index in [1.165, 1.54) is 53.4 Å². The summed E-state index contributed by atoms with van der Waals surface area (Å²) in [5.41, 5.74) is 12.0. The lowest BCUT2D eigenvalue weighted by atomic mass is 10.0. The minimum atomic E-state index is -1.83. The van der Waals surface area contributed by atoms with Gasteiger partial charge in [0.05, 0.1) is 31.5 Å². The molecule has 3 saturated heterocycles. The summed E-state index contributed by atoms with van der Waals surface area (Å²) >= 11 is 1.69. The Labute approximate surface area is 510 Å². The molecule has 0 spiro atoms. The molecule has 0 aromatic heterocycles. The fraction of sp³-hybridized carbons (Fsp3) is 0.600. The van der Waals surface area contributed by atoms with E-state index in [9.17, 15) is 88.8 Å². The van der Waals surface area contributed by atoms with Crippen LogP contribution in [0.2, 0.25) is 0 Å². The number of likely N-dealkylation sites (tertiary alicyclic amines) is 3. The highest BCUT2D eigenvalue weighted by Gasteiger charge is 2.49. The lowest BCUT2D eigenvalue weighted by Crippen LogP contribution is -2.61. The van der Waals surface area contributed by atoms with Crippen molar-refractivity contribution in [1.82, 2.24) is 50.1 Å². The Hall–Kier alpha value is -6.85. The maximum atomic E-state index is 14.9. The van der Waals surface area contributed by atoms with Crippen LogP contribution >= 0.6 is 22.9 Å². The average Bonchev–Trinajstić information content (AvgIpc) is 2.69. The number of aliphatic carboxylic acids is 1. The molecule has 2 aromatic rings. The SMILES string of the molecule is C[C@@H](O)[C@H](NC(=O)[C@@H]1C[C@@H](O)CN1C(=O)[C@@H]1C[C@@H](O)CN1C(=O)[C@H](Cc1ccc(O)cc1)NC(=O)[C@H](CO)NC(=O)[C@@H]1CCCN1C(=O)[C@H](CCCCN)NC(=O)[C@H](CO)NI)C(=O)N[C@@H](Cc1ccc(O)cc1)C(=O)N[C@@H](CCCCN)C(=O)O. The summed E-state index contributed by atoms with van der Waals surface area (Å²) in [5.74, 6) is -9.83. The highest BCUT2D eigenvalue weighted by atomic mass is 127. The van der Waals surface area contributed by atoms with Crippen molar-refractivity contribution in [3.8, 4) is 11.5 Å². The van der Waals surface area contributed by atoms with Gasteiger partial charge in [-0.25, -0.2) is 8.32 Å². The van der Waals surface area contributed by atoms with Crippen LogP contribution in [-0.4, -0.2) is 239 Å². The number of hydrogen-bond donors (Lipinski definition) is 17. The number of hydrogen-bond acceptors (Lipinski definition) is 20. The van der Waals surface area contributed by atoms with Crippen molar-refractivity contribution in [2.45, 2.75) is 163 Å². The van der Waals surface area contributed by atoms with Crippen LogP contribution in [0.4, 0.5) is 0 Å². The predicted molar refractivity (Wildman–Crippen MR) is 312 cm³/mol. The maximum absolute atomic E-state index is 14.9. The second-order valence-corrected chi connectivity index (χ2v) is 22.3. The third-order valence-corrected chi connectivity index (χ3v) is 15.9. The summed E-state index contributed by atoms with van der Waals surface area (Å²) < 4.78 is 2.62. The van der Waals surface area contributed by atoms with E-state index in [2.05, 4.69) is 35.4 Å². The molecule has 3 fully saturated rings. The van der Waals surface area contributed by atoms with E-state index < -0.39 is 177 Å². The highest BCUT2D eigenvalue weighted by molar-refractivity contribution is 14.1. The zero-order valence-electron chi connectivity index (χ0n) is 47.6. The molecule has 31 heteroatoms. The number of rotatable bonds is 32. The topological polar surface area (TPSA) is 479 Å². The first-order valence-corrected chi connectivity index (χ1v) is 29.6. The lowest BCUT2D eigenvalue weighted by molar-refractivity contribution is -0.148. The summed E-state index contributed by atoms with van der Waals surface area (Å²) in [4.78, 5) is 142. The number of nitrogens with two attached hydrogens (primary N) is 2. The molecule has 476 valence electrons. The molecule has 3 heterocycles. The predicted octanol–water partition coefficient (Wildman–Crippen LogP) is -5.28. The first kappa shape index (κ1) is 69.9. The van der Waals surface area contributed by atoms with Gasteiger partial charge in [0.15, 0.2) is 0 Å². The third-order valence-electron chi connectivity index (χ3n) is 15.2. The number of aromatic hydroxyl groups is 2. The Morgan fingerprint density at radius 2 is 1.03 bits per heavy atom. The first-order chi connectivity index (χ1) is 40.9. The Bertz CT molecular complexity index is 2660. The Morgan fingerprint density at radius 1 is 0.570 bits per heavy atom. The van der Waals surface area contributed by atoms with Crippen LogP contribution in [0.5, 0.6) is 11.5 Å². The smallest absolute Gasteiger partial charge is 0.326 e. The quantitative estimate of drug-likeness (QED) is 0.0185. The summed E-state index contributed by atoms with van der Waals surface area (Å²) in [6.07, 6.45) is -3.33. The number of unbranched alkanes of at least 4 members (excludes halogenated alkanes) is 2. The fourth-order valence-corrected chi connectivity index (χ4v) is 11.0. The molecular weight excluding hydrogens is 1240 g/mol. The molecule has 0 bridgehead atoms. The molecule has 3 aliphatic heterocycles.